The van der Waals surface area contributed by atoms with Crippen LogP contribution in [0.4, 0.5) is 19.1 Å². The quantitative estimate of drug-likeness (QED) is 0.513. The molecule has 0 aliphatic carbocycles. The van der Waals surface area contributed by atoms with Crippen molar-refractivity contribution in [3.8, 4) is 22.5 Å². The van der Waals surface area contributed by atoms with Crippen LogP contribution in [0.2, 0.25) is 0 Å². The van der Waals surface area contributed by atoms with Gasteiger partial charge >= 0.3 is 5.97 Å². The van der Waals surface area contributed by atoms with E-state index in [1.807, 2.05) is 0 Å². The van der Waals surface area contributed by atoms with E-state index in [-0.39, 0.29) is 23.8 Å². The molecule has 0 amide bonds. The third-order valence-electron chi connectivity index (χ3n) is 4.73. The average molecular weight is 400 g/mol. The van der Waals surface area contributed by atoms with Crippen molar-refractivity contribution >= 4 is 17.6 Å². The second kappa shape index (κ2) is 6.06. The number of fused-ring (bicyclic) bond motifs is 2. The van der Waals surface area contributed by atoms with Crippen LogP contribution in [-0.2, 0) is 11.3 Å². The molecule has 1 atom stereocenters. The smallest absolute Gasteiger partial charge is 0.328 e. The van der Waals surface area contributed by atoms with Gasteiger partial charge in [0.15, 0.2) is 17.3 Å². The summed E-state index contributed by atoms with van der Waals surface area (Å²) in [5.41, 5.74) is 0.964. The van der Waals surface area contributed by atoms with Crippen molar-refractivity contribution in [1.29, 1.82) is 0 Å². The lowest BCUT2D eigenvalue weighted by Gasteiger charge is -2.11. The Labute approximate surface area is 160 Å². The highest BCUT2D eigenvalue weighted by Crippen LogP contribution is 2.39. The number of carbonyl (C=O) groups is 1. The standard InChI is InChI=1S/C18H11F3N6O2/c19-9-3-10(14(21)11(20)4-9)15-16(8-1-2-13-22-7-23-27(13)5-8)26-6-12(17(28)29)24-18(26)25-15/h1-5,7,12H,6H2,(H,24,25)(H,28,29). The second-order valence-electron chi connectivity index (χ2n) is 6.51. The van der Waals surface area contributed by atoms with Crippen molar-refractivity contribution in [2.45, 2.75) is 12.6 Å². The molecule has 1 aromatic carbocycles. The van der Waals surface area contributed by atoms with E-state index in [4.69, 9.17) is 0 Å². The Kier molecular flexibility index (Phi) is 3.60. The summed E-state index contributed by atoms with van der Waals surface area (Å²) >= 11 is 0. The van der Waals surface area contributed by atoms with Gasteiger partial charge in [0.05, 0.1) is 12.2 Å². The van der Waals surface area contributed by atoms with Gasteiger partial charge in [-0.2, -0.15) is 5.10 Å². The van der Waals surface area contributed by atoms with E-state index in [0.29, 0.717) is 23.0 Å². The Morgan fingerprint density at radius 1 is 1.24 bits per heavy atom. The van der Waals surface area contributed by atoms with Gasteiger partial charge in [-0.1, -0.05) is 0 Å². The Morgan fingerprint density at radius 2 is 2.07 bits per heavy atom. The van der Waals surface area contributed by atoms with Gasteiger partial charge in [-0.25, -0.2) is 32.4 Å². The first kappa shape index (κ1) is 17.2. The zero-order valence-corrected chi connectivity index (χ0v) is 14.5. The zero-order chi connectivity index (χ0) is 20.3. The Balaban J connectivity index is 1.77. The number of halogens is 3. The zero-order valence-electron chi connectivity index (χ0n) is 14.5. The van der Waals surface area contributed by atoms with E-state index in [2.05, 4.69) is 20.4 Å². The highest BCUT2D eigenvalue weighted by atomic mass is 19.2. The van der Waals surface area contributed by atoms with Crippen molar-refractivity contribution < 1.29 is 23.1 Å². The average Bonchev–Trinajstić information content (AvgIpc) is 3.37. The van der Waals surface area contributed by atoms with E-state index in [1.165, 1.54) is 15.4 Å². The highest BCUT2D eigenvalue weighted by molar-refractivity contribution is 5.84. The molecule has 1 aliphatic rings. The van der Waals surface area contributed by atoms with Crippen LogP contribution < -0.4 is 5.32 Å². The van der Waals surface area contributed by atoms with E-state index in [9.17, 15) is 23.1 Å². The van der Waals surface area contributed by atoms with Gasteiger partial charge in [0.2, 0.25) is 5.95 Å². The minimum atomic E-state index is -1.35. The number of carboxylic acids is 1. The Hall–Kier alpha value is -3.89. The largest absolute Gasteiger partial charge is 0.480 e. The number of aliphatic carboxylic acids is 1. The molecule has 4 aromatic rings. The van der Waals surface area contributed by atoms with Crippen molar-refractivity contribution in [3.63, 3.8) is 0 Å². The number of pyridine rings is 1. The summed E-state index contributed by atoms with van der Waals surface area (Å²) < 4.78 is 45.1. The molecule has 0 fully saturated rings. The van der Waals surface area contributed by atoms with Crippen LogP contribution in [0.1, 0.15) is 0 Å². The molecule has 0 saturated heterocycles. The molecule has 0 saturated carbocycles. The number of hydrogen-bond donors (Lipinski definition) is 2. The van der Waals surface area contributed by atoms with Crippen molar-refractivity contribution in [2.24, 2.45) is 0 Å². The van der Waals surface area contributed by atoms with Crippen molar-refractivity contribution in [1.82, 2.24) is 24.1 Å². The maximum absolute atomic E-state index is 14.5. The molecule has 1 unspecified atom stereocenters. The van der Waals surface area contributed by atoms with Gasteiger partial charge in [-0.05, 0) is 18.2 Å². The second-order valence-corrected chi connectivity index (χ2v) is 6.51. The molecule has 1 aliphatic heterocycles. The molecule has 0 radical (unpaired) electrons. The van der Waals surface area contributed by atoms with Crippen LogP contribution in [0.3, 0.4) is 0 Å². The first-order valence-corrected chi connectivity index (χ1v) is 8.47. The molecule has 3 aromatic heterocycles. The summed E-state index contributed by atoms with van der Waals surface area (Å²) in [4.78, 5) is 19.7. The van der Waals surface area contributed by atoms with Crippen LogP contribution in [0.25, 0.3) is 28.2 Å². The monoisotopic (exact) mass is 400 g/mol. The van der Waals surface area contributed by atoms with Crippen molar-refractivity contribution in [3.05, 3.63) is 54.2 Å². The molecule has 29 heavy (non-hydrogen) atoms. The lowest BCUT2D eigenvalue weighted by molar-refractivity contribution is -0.137. The number of hydrogen-bond acceptors (Lipinski definition) is 5. The van der Waals surface area contributed by atoms with Gasteiger partial charge in [-0.3, -0.25) is 0 Å². The number of anilines is 1. The summed E-state index contributed by atoms with van der Waals surface area (Å²) in [7, 11) is 0. The molecule has 4 heterocycles. The van der Waals surface area contributed by atoms with E-state index in [1.54, 1.807) is 18.3 Å². The molecule has 2 N–H and O–H groups in total. The fourth-order valence-electron chi connectivity index (χ4n) is 3.43. The van der Waals surface area contributed by atoms with Gasteiger partial charge < -0.3 is 15.0 Å². The topological polar surface area (TPSA) is 97.3 Å². The van der Waals surface area contributed by atoms with Crippen molar-refractivity contribution in [2.75, 3.05) is 5.32 Å². The maximum Gasteiger partial charge on any atom is 0.328 e. The van der Waals surface area contributed by atoms with Gasteiger partial charge in [-0.15, -0.1) is 0 Å². The lowest BCUT2D eigenvalue weighted by Crippen LogP contribution is -2.27. The minimum Gasteiger partial charge on any atom is -0.480 e. The Morgan fingerprint density at radius 3 is 2.86 bits per heavy atom. The van der Waals surface area contributed by atoms with Gasteiger partial charge in [0.1, 0.15) is 23.9 Å². The number of imidazole rings is 1. The first-order chi connectivity index (χ1) is 13.9. The number of aromatic nitrogens is 5. The SMILES string of the molecule is O=C(O)C1Cn2c(nc(-c3cc(F)cc(F)c3F)c2-c2ccc3ncnn3c2)N1. The number of rotatable bonds is 3. The van der Waals surface area contributed by atoms with Crippen LogP contribution in [-0.4, -0.2) is 41.3 Å². The number of carboxylic acid groups (broad SMARTS) is 1. The van der Waals surface area contributed by atoms with E-state index >= 15 is 0 Å². The fraction of sp³-hybridized carbons (Fsp3) is 0.111. The molecular formula is C18H11F3N6O2. The maximum atomic E-state index is 14.5. The number of nitrogens with one attached hydrogen (secondary N) is 1. The normalized spacial score (nSPS) is 15.5. The molecule has 5 rings (SSSR count). The summed E-state index contributed by atoms with van der Waals surface area (Å²) in [5.74, 6) is -4.48. The summed E-state index contributed by atoms with van der Waals surface area (Å²) in [5, 5.41) is 16.1. The van der Waals surface area contributed by atoms with Crippen LogP contribution in [0.5, 0.6) is 0 Å². The molecule has 0 spiro atoms. The first-order valence-electron chi connectivity index (χ1n) is 8.47. The summed E-state index contributed by atoms with van der Waals surface area (Å²) in [6.07, 6.45) is 2.95. The molecule has 8 nitrogen and oxygen atoms in total. The van der Waals surface area contributed by atoms with Gasteiger partial charge in [0.25, 0.3) is 0 Å². The summed E-state index contributed by atoms with van der Waals surface area (Å²) in [6, 6.07) is 3.69. The molecule has 11 heteroatoms. The predicted octanol–water partition coefficient (Wildman–Crippen LogP) is 2.56. The predicted molar refractivity (Wildman–Crippen MR) is 94.6 cm³/mol. The summed E-state index contributed by atoms with van der Waals surface area (Å²) in [6.45, 7) is 0.00180. The Bertz CT molecular complexity index is 1300. The van der Waals surface area contributed by atoms with E-state index < -0.39 is 29.5 Å². The number of nitrogens with zero attached hydrogens (tertiary/aromatic N) is 5. The highest BCUT2D eigenvalue weighted by Gasteiger charge is 2.33. The lowest BCUT2D eigenvalue weighted by atomic mass is 10.0. The number of benzene rings is 1. The van der Waals surface area contributed by atoms with Crippen LogP contribution in [0.15, 0.2) is 36.8 Å². The van der Waals surface area contributed by atoms with Crippen LogP contribution in [0, 0.1) is 17.5 Å². The molecular weight excluding hydrogens is 389 g/mol. The third kappa shape index (κ3) is 2.62. The van der Waals surface area contributed by atoms with Crippen LogP contribution >= 0.6 is 0 Å². The third-order valence-corrected chi connectivity index (χ3v) is 4.73. The molecule has 0 bridgehead atoms. The molecule has 146 valence electrons. The fourth-order valence-corrected chi connectivity index (χ4v) is 3.43. The van der Waals surface area contributed by atoms with E-state index in [0.717, 1.165) is 6.07 Å². The minimum absolute atomic E-state index is 0.00180. The van der Waals surface area contributed by atoms with Gasteiger partial charge in [0, 0.05) is 23.4 Å².